The topological polar surface area (TPSA) is 137 Å². The van der Waals surface area contributed by atoms with Crippen LogP contribution in [0.25, 0.3) is 0 Å². The van der Waals surface area contributed by atoms with Gasteiger partial charge in [-0.15, -0.1) is 0 Å². The van der Waals surface area contributed by atoms with Gasteiger partial charge in [0.2, 0.25) is 5.91 Å². The standard InChI is InChI=1S/C25H25N7O4/c1-16(33)27-19-8-10-20(11-9-19)28-24(34)25(35)30-26-14-17-7-12-23(36-2)18(13-17)15-32-22-6-4-3-5-21(22)29-31-32/h3-14,21-22H,15H2,1-2H3,(H,27,33)(H,28,34)(H,30,35)/b26-14+. The van der Waals surface area contributed by atoms with Crippen LogP contribution in [0.2, 0.25) is 0 Å². The Bertz CT molecular complexity index is 1270. The fourth-order valence-electron chi connectivity index (χ4n) is 3.71. The van der Waals surface area contributed by atoms with Crippen molar-refractivity contribution in [3.63, 3.8) is 0 Å². The van der Waals surface area contributed by atoms with Crippen LogP contribution in [0.3, 0.4) is 0 Å². The number of anilines is 2. The van der Waals surface area contributed by atoms with Crippen LogP contribution in [0.5, 0.6) is 5.75 Å². The van der Waals surface area contributed by atoms with E-state index in [1.165, 1.54) is 13.1 Å². The van der Waals surface area contributed by atoms with E-state index in [1.54, 1.807) is 43.5 Å². The zero-order valence-electron chi connectivity index (χ0n) is 19.7. The Balaban J connectivity index is 1.34. The van der Waals surface area contributed by atoms with Gasteiger partial charge in [-0.3, -0.25) is 19.4 Å². The second-order valence-corrected chi connectivity index (χ2v) is 8.04. The molecular formula is C25H25N7O4. The van der Waals surface area contributed by atoms with Gasteiger partial charge in [-0.2, -0.15) is 10.2 Å². The van der Waals surface area contributed by atoms with Crippen LogP contribution in [0, 0.1) is 0 Å². The number of allylic oxidation sites excluding steroid dienone is 2. The van der Waals surface area contributed by atoms with Gasteiger partial charge in [0.25, 0.3) is 0 Å². The predicted molar refractivity (Wildman–Crippen MR) is 134 cm³/mol. The van der Waals surface area contributed by atoms with Gasteiger partial charge in [0.15, 0.2) is 0 Å². The normalized spacial score (nSPS) is 17.7. The second kappa shape index (κ2) is 11.1. The van der Waals surface area contributed by atoms with Crippen molar-refractivity contribution in [1.29, 1.82) is 0 Å². The average molecular weight is 488 g/mol. The molecule has 0 saturated heterocycles. The third-order valence-corrected chi connectivity index (χ3v) is 5.41. The van der Waals surface area contributed by atoms with Crippen LogP contribution in [-0.4, -0.2) is 48.1 Å². The molecule has 4 rings (SSSR count). The molecule has 3 amide bonds. The molecule has 11 heteroatoms. The maximum absolute atomic E-state index is 12.1. The van der Waals surface area contributed by atoms with Crippen molar-refractivity contribution in [1.82, 2.24) is 10.4 Å². The fraction of sp³-hybridized carbons (Fsp3) is 0.200. The quantitative estimate of drug-likeness (QED) is 0.313. The van der Waals surface area contributed by atoms with Gasteiger partial charge in [0, 0.05) is 23.9 Å². The highest BCUT2D eigenvalue weighted by atomic mass is 16.5. The zero-order valence-corrected chi connectivity index (χ0v) is 19.7. The molecule has 0 spiro atoms. The average Bonchev–Trinajstić information content (AvgIpc) is 3.28. The smallest absolute Gasteiger partial charge is 0.329 e. The first-order valence-electron chi connectivity index (χ1n) is 11.1. The number of nitrogens with zero attached hydrogens (tertiary/aromatic N) is 4. The first-order valence-corrected chi connectivity index (χ1v) is 11.1. The van der Waals surface area contributed by atoms with E-state index in [1.807, 2.05) is 29.3 Å². The number of hydrogen-bond acceptors (Lipinski definition) is 8. The van der Waals surface area contributed by atoms with E-state index < -0.39 is 11.8 Å². The summed E-state index contributed by atoms with van der Waals surface area (Å²) in [5.74, 6) is -1.32. The third kappa shape index (κ3) is 6.00. The second-order valence-electron chi connectivity index (χ2n) is 8.04. The van der Waals surface area contributed by atoms with Crippen LogP contribution in [0.1, 0.15) is 18.1 Å². The molecule has 0 saturated carbocycles. The number of amides is 3. The van der Waals surface area contributed by atoms with Gasteiger partial charge in [-0.05, 0) is 48.0 Å². The lowest BCUT2D eigenvalue weighted by atomic mass is 10.0. The molecular weight excluding hydrogens is 462 g/mol. The van der Waals surface area contributed by atoms with Crippen molar-refractivity contribution in [3.05, 3.63) is 77.9 Å². The van der Waals surface area contributed by atoms with Crippen LogP contribution in [-0.2, 0) is 20.9 Å². The lowest BCUT2D eigenvalue weighted by molar-refractivity contribution is -0.136. The summed E-state index contributed by atoms with van der Waals surface area (Å²) in [6.45, 7) is 1.87. The van der Waals surface area contributed by atoms with Gasteiger partial charge >= 0.3 is 11.8 Å². The van der Waals surface area contributed by atoms with Gasteiger partial charge in [0.1, 0.15) is 11.8 Å². The number of methoxy groups -OCH3 is 1. The highest BCUT2D eigenvalue weighted by Crippen LogP contribution is 2.28. The molecule has 0 aromatic heterocycles. The number of ether oxygens (including phenoxy) is 1. The molecule has 0 fully saturated rings. The molecule has 1 aliphatic heterocycles. The summed E-state index contributed by atoms with van der Waals surface area (Å²) < 4.78 is 5.48. The molecule has 2 unspecified atom stereocenters. The number of benzene rings is 2. The first kappa shape index (κ1) is 24.3. The zero-order chi connectivity index (χ0) is 25.5. The number of rotatable bonds is 7. The minimum atomic E-state index is -0.924. The Morgan fingerprint density at radius 2 is 1.75 bits per heavy atom. The number of carbonyl (C=O) groups is 3. The van der Waals surface area contributed by atoms with E-state index in [0.717, 1.165) is 5.56 Å². The van der Waals surface area contributed by atoms with E-state index in [2.05, 4.69) is 37.6 Å². The third-order valence-electron chi connectivity index (χ3n) is 5.41. The molecule has 1 heterocycles. The van der Waals surface area contributed by atoms with Crippen LogP contribution < -0.4 is 20.8 Å². The fourth-order valence-corrected chi connectivity index (χ4v) is 3.71. The molecule has 0 radical (unpaired) electrons. The van der Waals surface area contributed by atoms with Crippen LogP contribution in [0.15, 0.2) is 82.2 Å². The molecule has 0 bridgehead atoms. The number of nitrogens with one attached hydrogen (secondary N) is 3. The summed E-state index contributed by atoms with van der Waals surface area (Å²) in [6.07, 6.45) is 9.44. The van der Waals surface area contributed by atoms with Crippen molar-refractivity contribution in [3.8, 4) is 5.75 Å². The van der Waals surface area contributed by atoms with Gasteiger partial charge < -0.3 is 15.4 Å². The molecule has 11 nitrogen and oxygen atoms in total. The Labute approximate surface area is 207 Å². The Hall–Kier alpha value is -4.80. The lowest BCUT2D eigenvalue weighted by Gasteiger charge is -2.24. The van der Waals surface area contributed by atoms with Crippen molar-refractivity contribution in [2.24, 2.45) is 15.4 Å². The number of fused-ring (bicyclic) bond motifs is 1. The summed E-state index contributed by atoms with van der Waals surface area (Å²) in [5, 5.41) is 19.4. The van der Waals surface area contributed by atoms with Crippen molar-refractivity contribution < 1.29 is 19.1 Å². The first-order chi connectivity index (χ1) is 17.4. The number of hydrazone groups is 1. The van der Waals surface area contributed by atoms with Crippen LogP contribution in [0.4, 0.5) is 11.4 Å². The molecule has 2 aromatic rings. The summed E-state index contributed by atoms with van der Waals surface area (Å²) in [7, 11) is 1.59. The van der Waals surface area contributed by atoms with E-state index >= 15 is 0 Å². The highest BCUT2D eigenvalue weighted by molar-refractivity contribution is 6.39. The molecule has 2 aliphatic rings. The van der Waals surface area contributed by atoms with Gasteiger partial charge in [-0.1, -0.05) is 29.5 Å². The van der Waals surface area contributed by atoms with E-state index in [4.69, 9.17) is 4.74 Å². The van der Waals surface area contributed by atoms with Gasteiger partial charge in [-0.25, -0.2) is 5.43 Å². The summed E-state index contributed by atoms with van der Waals surface area (Å²) in [5.41, 5.74) is 4.77. The summed E-state index contributed by atoms with van der Waals surface area (Å²) in [4.78, 5) is 35.4. The summed E-state index contributed by atoms with van der Waals surface area (Å²) >= 11 is 0. The number of hydrogen-bond donors (Lipinski definition) is 3. The minimum absolute atomic E-state index is 0.00208. The van der Waals surface area contributed by atoms with Crippen LogP contribution >= 0.6 is 0 Å². The van der Waals surface area contributed by atoms with Crippen molar-refractivity contribution in [2.75, 3.05) is 17.7 Å². The monoisotopic (exact) mass is 487 g/mol. The lowest BCUT2D eigenvalue weighted by Crippen LogP contribution is -2.32. The maximum atomic E-state index is 12.1. The molecule has 1 aliphatic carbocycles. The Kier molecular flexibility index (Phi) is 7.49. The van der Waals surface area contributed by atoms with E-state index in [0.29, 0.717) is 29.2 Å². The Morgan fingerprint density at radius 1 is 1.03 bits per heavy atom. The molecule has 36 heavy (non-hydrogen) atoms. The predicted octanol–water partition coefficient (Wildman–Crippen LogP) is 2.79. The summed E-state index contributed by atoms with van der Waals surface area (Å²) in [6, 6.07) is 11.9. The van der Waals surface area contributed by atoms with Gasteiger partial charge in [0.05, 0.1) is 25.9 Å². The Morgan fingerprint density at radius 3 is 2.47 bits per heavy atom. The SMILES string of the molecule is COc1ccc(/C=N/NC(=O)C(=O)Nc2ccc(NC(C)=O)cc2)cc1CN1N=NC2C=CC=CC21. The minimum Gasteiger partial charge on any atom is -0.496 e. The molecule has 184 valence electrons. The van der Waals surface area contributed by atoms with Crippen molar-refractivity contribution in [2.45, 2.75) is 25.6 Å². The van der Waals surface area contributed by atoms with E-state index in [9.17, 15) is 14.4 Å². The maximum Gasteiger partial charge on any atom is 0.329 e. The molecule has 2 aromatic carbocycles. The van der Waals surface area contributed by atoms with Crippen molar-refractivity contribution >= 4 is 35.3 Å². The largest absolute Gasteiger partial charge is 0.496 e. The van der Waals surface area contributed by atoms with E-state index in [-0.39, 0.29) is 18.0 Å². The molecule has 3 N–H and O–H groups in total. The molecule has 2 atom stereocenters. The number of carbonyl (C=O) groups excluding carboxylic acids is 3. The highest BCUT2D eigenvalue weighted by Gasteiger charge is 2.30.